The number of primary amides is 1. The highest BCUT2D eigenvalue weighted by Crippen LogP contribution is 2.28. The molecule has 0 heterocycles. The fraction of sp³-hybridized carbons (Fsp3) is 0.941. The van der Waals surface area contributed by atoms with E-state index in [2.05, 4.69) is 24.2 Å². The van der Waals surface area contributed by atoms with Gasteiger partial charge in [0.05, 0.1) is 5.54 Å². The Balaban J connectivity index is 1.93. The maximum absolute atomic E-state index is 11.9. The van der Waals surface area contributed by atoms with Crippen LogP contribution < -0.4 is 11.1 Å². The molecule has 2 atom stereocenters. The van der Waals surface area contributed by atoms with Crippen LogP contribution in [0.5, 0.6) is 0 Å². The molecule has 2 saturated carbocycles. The van der Waals surface area contributed by atoms with Crippen molar-refractivity contribution in [3.05, 3.63) is 0 Å². The fourth-order valence-electron chi connectivity index (χ4n) is 3.67. The number of nitrogens with zero attached hydrogens (tertiary/aromatic N) is 1. The lowest BCUT2D eigenvalue weighted by atomic mass is 9.91. The van der Waals surface area contributed by atoms with Crippen LogP contribution in [0.15, 0.2) is 0 Å². The van der Waals surface area contributed by atoms with Crippen LogP contribution in [0.3, 0.4) is 0 Å². The first-order valence-electron chi connectivity index (χ1n) is 8.72. The fourth-order valence-corrected chi connectivity index (χ4v) is 3.67. The second kappa shape index (κ2) is 7.10. The summed E-state index contributed by atoms with van der Waals surface area (Å²) in [6.45, 7) is 4.21. The first-order chi connectivity index (χ1) is 9.92. The van der Waals surface area contributed by atoms with Gasteiger partial charge in [-0.15, -0.1) is 0 Å². The summed E-state index contributed by atoms with van der Waals surface area (Å²) in [5, 5.41) is 3.47. The van der Waals surface area contributed by atoms with Gasteiger partial charge in [0.2, 0.25) is 5.91 Å². The summed E-state index contributed by atoms with van der Waals surface area (Å²) >= 11 is 0. The SMILES string of the molecule is CC(CC(C)(NC1CC1)C(N)=O)N(C)C1CCCCCC1. The highest BCUT2D eigenvalue weighted by Gasteiger charge is 2.39. The van der Waals surface area contributed by atoms with Gasteiger partial charge in [0.15, 0.2) is 0 Å². The van der Waals surface area contributed by atoms with Crippen molar-refractivity contribution in [1.82, 2.24) is 10.2 Å². The molecule has 122 valence electrons. The lowest BCUT2D eigenvalue weighted by Gasteiger charge is -2.38. The Hall–Kier alpha value is -0.610. The molecule has 2 rings (SSSR count). The number of carbonyl (C=O) groups excluding carboxylic acids is 1. The maximum atomic E-state index is 11.9. The van der Waals surface area contributed by atoms with Crippen LogP contribution in [-0.4, -0.2) is 41.5 Å². The van der Waals surface area contributed by atoms with Crippen molar-refractivity contribution in [2.75, 3.05) is 7.05 Å². The van der Waals surface area contributed by atoms with Crippen molar-refractivity contribution >= 4 is 5.91 Å². The molecule has 0 spiro atoms. The number of carbonyl (C=O) groups is 1. The van der Waals surface area contributed by atoms with Gasteiger partial charge in [0.25, 0.3) is 0 Å². The minimum Gasteiger partial charge on any atom is -0.368 e. The van der Waals surface area contributed by atoms with Crippen molar-refractivity contribution < 1.29 is 4.79 Å². The summed E-state index contributed by atoms with van der Waals surface area (Å²) in [7, 11) is 2.22. The largest absolute Gasteiger partial charge is 0.368 e. The molecule has 21 heavy (non-hydrogen) atoms. The molecule has 2 fully saturated rings. The third kappa shape index (κ3) is 4.68. The molecule has 0 aromatic carbocycles. The van der Waals surface area contributed by atoms with Crippen molar-refractivity contribution in [3.63, 3.8) is 0 Å². The van der Waals surface area contributed by atoms with E-state index >= 15 is 0 Å². The van der Waals surface area contributed by atoms with Crippen molar-refractivity contribution in [1.29, 1.82) is 0 Å². The van der Waals surface area contributed by atoms with Gasteiger partial charge in [-0.25, -0.2) is 0 Å². The third-order valence-electron chi connectivity index (χ3n) is 5.44. The number of nitrogens with one attached hydrogen (secondary N) is 1. The van der Waals surface area contributed by atoms with E-state index in [0.717, 1.165) is 6.42 Å². The summed E-state index contributed by atoms with van der Waals surface area (Å²) in [4.78, 5) is 14.4. The summed E-state index contributed by atoms with van der Waals surface area (Å²) < 4.78 is 0. The third-order valence-corrected chi connectivity index (χ3v) is 5.44. The lowest BCUT2D eigenvalue weighted by Crippen LogP contribution is -2.57. The molecular weight excluding hydrogens is 262 g/mol. The Labute approximate surface area is 129 Å². The molecule has 1 amide bonds. The number of nitrogens with two attached hydrogens (primary N) is 1. The molecule has 4 nitrogen and oxygen atoms in total. The first-order valence-corrected chi connectivity index (χ1v) is 8.72. The summed E-state index contributed by atoms with van der Waals surface area (Å²) in [6, 6.07) is 1.54. The normalized spacial score (nSPS) is 25.3. The average molecular weight is 295 g/mol. The lowest BCUT2D eigenvalue weighted by molar-refractivity contribution is -0.124. The predicted molar refractivity (Wildman–Crippen MR) is 87.1 cm³/mol. The van der Waals surface area contributed by atoms with Gasteiger partial charge < -0.3 is 16.0 Å². The van der Waals surface area contributed by atoms with Gasteiger partial charge in [-0.2, -0.15) is 0 Å². The quantitative estimate of drug-likeness (QED) is 0.709. The van der Waals surface area contributed by atoms with Gasteiger partial charge in [-0.05, 0) is 53.0 Å². The van der Waals surface area contributed by atoms with Crippen LogP contribution in [0.1, 0.15) is 71.6 Å². The second-order valence-electron chi connectivity index (χ2n) is 7.48. The highest BCUT2D eigenvalue weighted by atomic mass is 16.1. The number of rotatable bonds is 7. The van der Waals surface area contributed by atoms with E-state index in [-0.39, 0.29) is 5.91 Å². The van der Waals surface area contributed by atoms with Crippen LogP contribution in [-0.2, 0) is 4.79 Å². The summed E-state index contributed by atoms with van der Waals surface area (Å²) in [5.74, 6) is -0.212. The number of hydrogen-bond acceptors (Lipinski definition) is 3. The predicted octanol–water partition coefficient (Wildman–Crippen LogP) is 2.42. The van der Waals surface area contributed by atoms with Crippen LogP contribution in [0, 0.1) is 0 Å². The highest BCUT2D eigenvalue weighted by molar-refractivity contribution is 5.84. The molecule has 2 unspecified atom stereocenters. The molecule has 3 N–H and O–H groups in total. The van der Waals surface area contributed by atoms with Crippen LogP contribution in [0.2, 0.25) is 0 Å². The zero-order valence-corrected chi connectivity index (χ0v) is 14.0. The Morgan fingerprint density at radius 2 is 1.81 bits per heavy atom. The smallest absolute Gasteiger partial charge is 0.237 e. The number of hydrogen-bond donors (Lipinski definition) is 2. The molecule has 0 aromatic rings. The van der Waals surface area contributed by atoms with E-state index in [1.54, 1.807) is 0 Å². The van der Waals surface area contributed by atoms with E-state index in [9.17, 15) is 4.79 Å². The minimum atomic E-state index is -0.570. The van der Waals surface area contributed by atoms with E-state index in [1.807, 2.05) is 6.92 Å². The monoisotopic (exact) mass is 295 g/mol. The minimum absolute atomic E-state index is 0.212. The Kier molecular flexibility index (Phi) is 5.67. The van der Waals surface area contributed by atoms with Gasteiger partial charge in [-0.1, -0.05) is 25.7 Å². The first kappa shape index (κ1) is 16.8. The molecule has 4 heteroatoms. The maximum Gasteiger partial charge on any atom is 0.237 e. The van der Waals surface area contributed by atoms with Gasteiger partial charge >= 0.3 is 0 Å². The van der Waals surface area contributed by atoms with E-state index in [4.69, 9.17) is 5.73 Å². The van der Waals surface area contributed by atoms with Crippen molar-refractivity contribution in [2.45, 2.75) is 95.3 Å². The van der Waals surface area contributed by atoms with Crippen molar-refractivity contribution in [3.8, 4) is 0 Å². The average Bonchev–Trinajstić information content (AvgIpc) is 3.23. The molecular formula is C17H33N3O. The molecule has 0 bridgehead atoms. The second-order valence-corrected chi connectivity index (χ2v) is 7.48. The molecule has 0 saturated heterocycles. The zero-order valence-electron chi connectivity index (χ0n) is 14.0. The molecule has 2 aliphatic carbocycles. The molecule has 0 aliphatic heterocycles. The van der Waals surface area contributed by atoms with Gasteiger partial charge in [0.1, 0.15) is 0 Å². The number of amides is 1. The van der Waals surface area contributed by atoms with Gasteiger partial charge in [-0.3, -0.25) is 4.79 Å². The van der Waals surface area contributed by atoms with E-state index < -0.39 is 5.54 Å². The summed E-state index contributed by atoms with van der Waals surface area (Å²) in [6.07, 6.45) is 11.2. The van der Waals surface area contributed by atoms with E-state index in [0.29, 0.717) is 18.1 Å². The molecule has 2 aliphatic rings. The molecule has 0 aromatic heterocycles. The topological polar surface area (TPSA) is 58.4 Å². The van der Waals surface area contributed by atoms with Crippen molar-refractivity contribution in [2.24, 2.45) is 5.73 Å². The zero-order chi connectivity index (χ0) is 15.5. The Morgan fingerprint density at radius 3 is 2.29 bits per heavy atom. The molecule has 0 radical (unpaired) electrons. The van der Waals surface area contributed by atoms with Gasteiger partial charge in [0, 0.05) is 18.1 Å². The summed E-state index contributed by atoms with van der Waals surface area (Å²) in [5.41, 5.74) is 5.11. The van der Waals surface area contributed by atoms with E-state index in [1.165, 1.54) is 51.4 Å². The Bertz CT molecular complexity index is 348. The van der Waals surface area contributed by atoms with Crippen LogP contribution >= 0.6 is 0 Å². The standard InChI is InChI=1S/C17H33N3O/c1-13(20(3)15-8-6-4-5-7-9-15)12-17(2,16(18)21)19-14-10-11-14/h13-15,19H,4-12H2,1-3H3,(H2,18,21). The van der Waals surface area contributed by atoms with Crippen LogP contribution in [0.4, 0.5) is 0 Å². The Morgan fingerprint density at radius 1 is 1.24 bits per heavy atom. The van der Waals surface area contributed by atoms with Crippen LogP contribution in [0.25, 0.3) is 0 Å².